The average molecular weight is 1010 g/mol. The summed E-state index contributed by atoms with van der Waals surface area (Å²) in [6, 6.07) is 72.6. The quantitative estimate of drug-likeness (QED) is 0.0773. The molecule has 288 valence electrons. The topological polar surface area (TPSA) is 18.5 Å². The van der Waals surface area contributed by atoms with Gasteiger partial charge in [0.2, 0.25) is 0 Å². The molecule has 1 aliphatic rings. The van der Waals surface area contributed by atoms with E-state index in [1.54, 1.807) is 7.11 Å². The Morgan fingerprint density at radius 1 is 0.464 bits per heavy atom. The SMILES string of the molecule is COc1ccc(P(=S)([S-])OC2CCCC2)cc1.[Au+].c1ccc([PH+](c2ccccc2)c2ccccc2)cc1.c1ccc([PH+](c2ccccc2)c2ccccc2)cc1. The van der Waals surface area contributed by atoms with Gasteiger partial charge in [0.25, 0.3) is 0 Å². The Labute approximate surface area is 362 Å². The summed E-state index contributed by atoms with van der Waals surface area (Å²) in [7, 11) is -0.108. The van der Waals surface area contributed by atoms with Crippen molar-refractivity contribution in [3.63, 3.8) is 0 Å². The normalized spacial score (nSPS) is 13.3. The zero-order valence-electron chi connectivity index (χ0n) is 31.4. The molecule has 7 aromatic carbocycles. The van der Waals surface area contributed by atoms with Gasteiger partial charge in [-0.3, -0.25) is 0 Å². The van der Waals surface area contributed by atoms with Crippen molar-refractivity contribution in [2.75, 3.05) is 7.11 Å². The molecule has 8 heteroatoms. The minimum Gasteiger partial charge on any atom is -0.715 e. The van der Waals surface area contributed by atoms with Crippen molar-refractivity contribution in [3.8, 4) is 5.75 Å². The molecule has 0 spiro atoms. The van der Waals surface area contributed by atoms with Crippen molar-refractivity contribution >= 4 is 82.5 Å². The van der Waals surface area contributed by atoms with Crippen LogP contribution in [-0.4, -0.2) is 13.2 Å². The molecule has 0 amide bonds. The second-order valence-electron chi connectivity index (χ2n) is 13.2. The zero-order valence-corrected chi connectivity index (χ0v) is 38.1. The van der Waals surface area contributed by atoms with Crippen LogP contribution in [0.3, 0.4) is 0 Å². The van der Waals surface area contributed by atoms with E-state index in [2.05, 4.69) is 182 Å². The first-order valence-electron chi connectivity index (χ1n) is 18.7. The van der Waals surface area contributed by atoms with Gasteiger partial charge in [-0.2, -0.15) is 0 Å². The van der Waals surface area contributed by atoms with Crippen molar-refractivity contribution in [1.29, 1.82) is 0 Å². The van der Waals surface area contributed by atoms with E-state index < -0.39 is 21.3 Å². The van der Waals surface area contributed by atoms with Crippen LogP contribution in [0, 0.1) is 0 Å². The number of hydrogen-bond donors (Lipinski definition) is 0. The fraction of sp³-hybridized carbons (Fsp3) is 0.125. The van der Waals surface area contributed by atoms with Crippen LogP contribution in [0.1, 0.15) is 25.7 Å². The van der Waals surface area contributed by atoms with Crippen molar-refractivity contribution in [3.05, 3.63) is 206 Å². The molecule has 2 nitrogen and oxygen atoms in total. The van der Waals surface area contributed by atoms with Gasteiger partial charge < -0.3 is 21.5 Å². The average Bonchev–Trinajstić information content (AvgIpc) is 3.76. The van der Waals surface area contributed by atoms with Gasteiger partial charge in [-0.05, 0) is 121 Å². The van der Waals surface area contributed by atoms with Gasteiger partial charge in [0.1, 0.15) is 37.6 Å². The van der Waals surface area contributed by atoms with E-state index in [0.29, 0.717) is 0 Å². The van der Waals surface area contributed by atoms with Gasteiger partial charge in [-0.1, -0.05) is 134 Å². The molecule has 1 saturated carbocycles. The van der Waals surface area contributed by atoms with Crippen LogP contribution >= 0.6 is 21.3 Å². The van der Waals surface area contributed by atoms with Crippen molar-refractivity contribution in [2.45, 2.75) is 31.8 Å². The van der Waals surface area contributed by atoms with Gasteiger partial charge in [0, 0.05) is 0 Å². The third-order valence-electron chi connectivity index (χ3n) is 9.35. The van der Waals surface area contributed by atoms with E-state index in [4.69, 9.17) is 33.3 Å². The summed E-state index contributed by atoms with van der Waals surface area (Å²) in [4.78, 5) is 0. The van der Waals surface area contributed by atoms with Gasteiger partial charge in [0.05, 0.1) is 29.1 Å². The molecule has 1 atom stereocenters. The van der Waals surface area contributed by atoms with Crippen molar-refractivity contribution < 1.29 is 31.6 Å². The predicted molar refractivity (Wildman–Crippen MR) is 251 cm³/mol. The zero-order chi connectivity index (χ0) is 38.1. The summed E-state index contributed by atoms with van der Waals surface area (Å²) < 4.78 is 11.1. The molecule has 0 N–H and O–H groups in total. The van der Waals surface area contributed by atoms with Gasteiger partial charge in [0.15, 0.2) is 0 Å². The molecular formula is C48H48AuO2P3S2+2. The van der Waals surface area contributed by atoms with Crippen LogP contribution in [0.2, 0.25) is 0 Å². The van der Waals surface area contributed by atoms with Gasteiger partial charge in [-0.25, -0.2) is 0 Å². The van der Waals surface area contributed by atoms with Crippen molar-refractivity contribution in [2.24, 2.45) is 0 Å². The van der Waals surface area contributed by atoms with Crippen LogP contribution in [-0.2, 0) is 51.0 Å². The van der Waals surface area contributed by atoms with Crippen LogP contribution in [0.4, 0.5) is 0 Å². The molecular weight excluding hydrogens is 963 g/mol. The maximum Gasteiger partial charge on any atom is 1.00 e. The Morgan fingerprint density at radius 2 is 0.732 bits per heavy atom. The Kier molecular flexibility index (Phi) is 18.3. The number of ether oxygens (including phenoxy) is 1. The van der Waals surface area contributed by atoms with Crippen LogP contribution < -0.4 is 41.9 Å². The molecule has 0 aromatic heterocycles. The number of methoxy groups -OCH3 is 1. The molecule has 0 aliphatic heterocycles. The smallest absolute Gasteiger partial charge is 0.715 e. The Balaban J connectivity index is 0.000000160. The summed E-state index contributed by atoms with van der Waals surface area (Å²) in [6.45, 7) is 0. The molecule has 0 bridgehead atoms. The predicted octanol–water partition coefficient (Wildman–Crippen LogP) is 9.49. The first-order chi connectivity index (χ1) is 27.0. The van der Waals surface area contributed by atoms with Gasteiger partial charge in [-0.15, -0.1) is 0 Å². The minimum absolute atomic E-state index is 0. The summed E-state index contributed by atoms with van der Waals surface area (Å²) in [5.74, 6) is 0.819. The fourth-order valence-electron chi connectivity index (χ4n) is 6.64. The largest absolute Gasteiger partial charge is 1.00 e. The van der Waals surface area contributed by atoms with E-state index in [9.17, 15) is 0 Å². The Morgan fingerprint density at radius 3 is 0.982 bits per heavy atom. The maximum atomic E-state index is 5.96. The maximum absolute atomic E-state index is 5.96. The monoisotopic (exact) mass is 1010 g/mol. The van der Waals surface area contributed by atoms with E-state index in [-0.39, 0.29) is 28.5 Å². The molecule has 8 rings (SSSR count). The number of hydrogen-bond acceptors (Lipinski definition) is 4. The summed E-state index contributed by atoms with van der Waals surface area (Å²) in [5, 5.41) is 9.56. The van der Waals surface area contributed by atoms with E-state index in [1.165, 1.54) is 44.7 Å². The summed E-state index contributed by atoms with van der Waals surface area (Å²) in [5.41, 5.74) is -2.26. The molecule has 1 fully saturated rings. The van der Waals surface area contributed by atoms with Crippen LogP contribution in [0.5, 0.6) is 5.75 Å². The first kappa shape index (κ1) is 44.0. The molecule has 0 radical (unpaired) electrons. The molecule has 1 aliphatic carbocycles. The Bertz CT molecular complexity index is 1850. The standard InChI is InChI=1S/2C18H15P.C12H17O2PS2.Au/c2*1-4-10-16(11-5-1)19(17-12-6-2-7-13-17)18-14-8-3-9-15-18;1-13-10-6-8-12(9-7-10)15(16,17)14-11-4-2-3-5-11;/h2*1-15H;6-9,11H,2-5H2,1H3,(H,16,17);/q;;;+1/p+1. The second-order valence-corrected chi connectivity index (χ2v) is 23.6. The van der Waals surface area contributed by atoms with E-state index in [0.717, 1.165) is 23.9 Å². The van der Waals surface area contributed by atoms with Gasteiger partial charge >= 0.3 is 22.4 Å². The first-order valence-corrected chi connectivity index (χ1v) is 25.5. The summed E-state index contributed by atoms with van der Waals surface area (Å²) in [6.07, 6.45) is 4.95. The third kappa shape index (κ3) is 13.0. The van der Waals surface area contributed by atoms with Crippen molar-refractivity contribution in [1.82, 2.24) is 0 Å². The molecule has 0 heterocycles. The molecule has 0 saturated heterocycles. The third-order valence-corrected chi connectivity index (χ3v) is 18.1. The number of rotatable bonds is 10. The fourth-order valence-corrected chi connectivity index (χ4v) is 14.5. The molecule has 56 heavy (non-hydrogen) atoms. The minimum atomic E-state index is -2.26. The van der Waals surface area contributed by atoms with E-state index in [1.807, 2.05) is 24.3 Å². The van der Waals surface area contributed by atoms with E-state index >= 15 is 0 Å². The van der Waals surface area contributed by atoms with Crippen LogP contribution in [0.15, 0.2) is 206 Å². The summed E-state index contributed by atoms with van der Waals surface area (Å²) >= 11 is 11.0. The molecule has 1 unspecified atom stereocenters. The number of benzene rings is 7. The Hall–Kier alpha value is -3.10. The van der Waals surface area contributed by atoms with Crippen LogP contribution in [0.25, 0.3) is 0 Å². The second kappa shape index (κ2) is 23.3. The molecule has 7 aromatic rings.